The van der Waals surface area contributed by atoms with Gasteiger partial charge in [0.2, 0.25) is 0 Å². The molecular weight excluding hydrogens is 242 g/mol. The van der Waals surface area contributed by atoms with E-state index in [4.69, 9.17) is 13.9 Å². The molecule has 0 amide bonds. The van der Waals surface area contributed by atoms with Crippen molar-refractivity contribution >= 4 is 11.0 Å². The van der Waals surface area contributed by atoms with Gasteiger partial charge in [0, 0.05) is 10.9 Å². The third-order valence-corrected chi connectivity index (χ3v) is 3.39. The SMILES string of the molecule is CCNCc1oc2ccccc2c1COC1COC1. The molecule has 0 bridgehead atoms. The maximum atomic E-state index is 5.91. The first-order valence-electron chi connectivity index (χ1n) is 6.78. The third-order valence-electron chi connectivity index (χ3n) is 3.39. The van der Waals surface area contributed by atoms with Crippen LogP contribution in [0.5, 0.6) is 0 Å². The first kappa shape index (κ1) is 12.7. The summed E-state index contributed by atoms with van der Waals surface area (Å²) >= 11 is 0. The molecule has 1 aliphatic heterocycles. The van der Waals surface area contributed by atoms with Gasteiger partial charge in [0.25, 0.3) is 0 Å². The molecule has 1 saturated heterocycles. The molecule has 4 heteroatoms. The number of ether oxygens (including phenoxy) is 2. The zero-order valence-electron chi connectivity index (χ0n) is 11.1. The van der Waals surface area contributed by atoms with E-state index in [1.807, 2.05) is 18.2 Å². The van der Waals surface area contributed by atoms with E-state index in [9.17, 15) is 0 Å². The van der Waals surface area contributed by atoms with Gasteiger partial charge < -0.3 is 19.2 Å². The van der Waals surface area contributed by atoms with Crippen LogP contribution in [0, 0.1) is 0 Å². The van der Waals surface area contributed by atoms with Crippen molar-refractivity contribution in [1.29, 1.82) is 0 Å². The average molecular weight is 261 g/mol. The molecule has 0 unspecified atom stereocenters. The molecule has 1 aromatic carbocycles. The van der Waals surface area contributed by atoms with Crippen LogP contribution in [0.3, 0.4) is 0 Å². The number of furan rings is 1. The Morgan fingerprint density at radius 2 is 2.16 bits per heavy atom. The number of nitrogens with one attached hydrogen (secondary N) is 1. The molecule has 2 heterocycles. The van der Waals surface area contributed by atoms with E-state index < -0.39 is 0 Å². The first-order valence-corrected chi connectivity index (χ1v) is 6.78. The largest absolute Gasteiger partial charge is 0.459 e. The topological polar surface area (TPSA) is 43.6 Å². The Hall–Kier alpha value is -1.36. The van der Waals surface area contributed by atoms with Crippen LogP contribution in [-0.2, 0) is 22.6 Å². The van der Waals surface area contributed by atoms with Gasteiger partial charge in [-0.25, -0.2) is 0 Å². The molecule has 2 aromatic rings. The molecule has 1 fully saturated rings. The minimum atomic E-state index is 0.237. The molecule has 102 valence electrons. The van der Waals surface area contributed by atoms with Crippen LogP contribution in [0.1, 0.15) is 18.2 Å². The van der Waals surface area contributed by atoms with E-state index in [-0.39, 0.29) is 6.10 Å². The fraction of sp³-hybridized carbons (Fsp3) is 0.467. The summed E-state index contributed by atoms with van der Waals surface area (Å²) in [6.45, 7) is 5.76. The van der Waals surface area contributed by atoms with Gasteiger partial charge in [0.15, 0.2) is 0 Å². The lowest BCUT2D eigenvalue weighted by molar-refractivity contribution is -0.135. The minimum Gasteiger partial charge on any atom is -0.459 e. The summed E-state index contributed by atoms with van der Waals surface area (Å²) in [5, 5.41) is 4.46. The van der Waals surface area contributed by atoms with Crippen molar-refractivity contribution in [2.24, 2.45) is 0 Å². The standard InChI is InChI=1S/C15H19NO3/c1-2-16-7-15-13(10-18-11-8-17-9-11)12-5-3-4-6-14(12)19-15/h3-6,11,16H,2,7-10H2,1H3. The second-order valence-corrected chi connectivity index (χ2v) is 4.75. The fourth-order valence-corrected chi connectivity index (χ4v) is 2.20. The van der Waals surface area contributed by atoms with E-state index in [0.29, 0.717) is 19.8 Å². The normalized spacial score (nSPS) is 15.8. The van der Waals surface area contributed by atoms with Crippen molar-refractivity contribution in [3.63, 3.8) is 0 Å². The Kier molecular flexibility index (Phi) is 3.82. The Morgan fingerprint density at radius 3 is 2.89 bits per heavy atom. The Balaban J connectivity index is 1.83. The quantitative estimate of drug-likeness (QED) is 0.867. The maximum Gasteiger partial charge on any atom is 0.134 e. The van der Waals surface area contributed by atoms with Gasteiger partial charge in [-0.15, -0.1) is 0 Å². The minimum absolute atomic E-state index is 0.237. The van der Waals surface area contributed by atoms with E-state index >= 15 is 0 Å². The van der Waals surface area contributed by atoms with Crippen LogP contribution >= 0.6 is 0 Å². The molecule has 1 aliphatic rings. The zero-order chi connectivity index (χ0) is 13.1. The fourth-order valence-electron chi connectivity index (χ4n) is 2.20. The summed E-state index contributed by atoms with van der Waals surface area (Å²) in [4.78, 5) is 0. The van der Waals surface area contributed by atoms with Crippen LogP contribution < -0.4 is 5.32 Å². The average Bonchev–Trinajstić information content (AvgIpc) is 2.73. The Labute approximate surface area is 112 Å². The van der Waals surface area contributed by atoms with Crippen LogP contribution in [-0.4, -0.2) is 25.9 Å². The number of para-hydroxylation sites is 1. The van der Waals surface area contributed by atoms with E-state index in [1.165, 1.54) is 0 Å². The van der Waals surface area contributed by atoms with E-state index in [2.05, 4.69) is 18.3 Å². The number of hydrogen-bond donors (Lipinski definition) is 1. The maximum absolute atomic E-state index is 5.91. The van der Waals surface area contributed by atoms with Gasteiger partial charge in [-0.3, -0.25) is 0 Å². The summed E-state index contributed by atoms with van der Waals surface area (Å²) in [6, 6.07) is 8.11. The van der Waals surface area contributed by atoms with Crippen molar-refractivity contribution in [2.45, 2.75) is 26.2 Å². The molecule has 1 N–H and O–H groups in total. The number of rotatable bonds is 6. The van der Waals surface area contributed by atoms with Gasteiger partial charge in [0.1, 0.15) is 17.4 Å². The molecule has 4 nitrogen and oxygen atoms in total. The predicted octanol–water partition coefficient (Wildman–Crippen LogP) is 2.46. The molecule has 0 radical (unpaired) electrons. The van der Waals surface area contributed by atoms with Crippen molar-refractivity contribution in [3.05, 3.63) is 35.6 Å². The number of hydrogen-bond acceptors (Lipinski definition) is 4. The Bertz CT molecular complexity index is 545. The van der Waals surface area contributed by atoms with Crippen LogP contribution in [0.25, 0.3) is 11.0 Å². The van der Waals surface area contributed by atoms with Crippen molar-refractivity contribution < 1.29 is 13.9 Å². The summed E-state index contributed by atoms with van der Waals surface area (Å²) in [6.07, 6.45) is 0.237. The lowest BCUT2D eigenvalue weighted by Gasteiger charge is -2.25. The smallest absolute Gasteiger partial charge is 0.134 e. The van der Waals surface area contributed by atoms with Gasteiger partial charge >= 0.3 is 0 Å². The lowest BCUT2D eigenvalue weighted by atomic mass is 10.1. The van der Waals surface area contributed by atoms with Gasteiger partial charge in [-0.2, -0.15) is 0 Å². The summed E-state index contributed by atoms with van der Waals surface area (Å²) in [5.41, 5.74) is 2.09. The molecule has 0 atom stereocenters. The van der Waals surface area contributed by atoms with Crippen LogP contribution in [0.4, 0.5) is 0 Å². The summed E-state index contributed by atoms with van der Waals surface area (Å²) < 4.78 is 16.9. The molecule has 3 rings (SSSR count). The van der Waals surface area contributed by atoms with E-state index in [0.717, 1.165) is 35.4 Å². The first-order chi connectivity index (χ1) is 9.38. The van der Waals surface area contributed by atoms with Crippen molar-refractivity contribution in [3.8, 4) is 0 Å². The number of benzene rings is 1. The van der Waals surface area contributed by atoms with Crippen molar-refractivity contribution in [2.75, 3.05) is 19.8 Å². The molecule has 1 aromatic heterocycles. The molecule has 19 heavy (non-hydrogen) atoms. The molecular formula is C15H19NO3. The highest BCUT2D eigenvalue weighted by Gasteiger charge is 2.21. The third kappa shape index (κ3) is 2.66. The van der Waals surface area contributed by atoms with Crippen LogP contribution in [0.2, 0.25) is 0 Å². The predicted molar refractivity (Wildman–Crippen MR) is 73.0 cm³/mol. The second kappa shape index (κ2) is 5.74. The second-order valence-electron chi connectivity index (χ2n) is 4.75. The van der Waals surface area contributed by atoms with Gasteiger partial charge in [-0.1, -0.05) is 25.1 Å². The highest BCUT2D eigenvalue weighted by Crippen LogP contribution is 2.27. The molecule has 0 saturated carbocycles. The van der Waals surface area contributed by atoms with Gasteiger partial charge in [-0.05, 0) is 12.6 Å². The summed E-state index contributed by atoms with van der Waals surface area (Å²) in [5.74, 6) is 0.975. The molecule has 0 spiro atoms. The van der Waals surface area contributed by atoms with Gasteiger partial charge in [0.05, 0.1) is 26.4 Å². The van der Waals surface area contributed by atoms with Crippen LogP contribution in [0.15, 0.2) is 28.7 Å². The van der Waals surface area contributed by atoms with Crippen molar-refractivity contribution in [1.82, 2.24) is 5.32 Å². The molecule has 0 aliphatic carbocycles. The number of fused-ring (bicyclic) bond motifs is 1. The zero-order valence-corrected chi connectivity index (χ0v) is 11.1. The summed E-state index contributed by atoms with van der Waals surface area (Å²) in [7, 11) is 0. The van der Waals surface area contributed by atoms with E-state index in [1.54, 1.807) is 0 Å². The highest BCUT2D eigenvalue weighted by molar-refractivity contribution is 5.82. The monoisotopic (exact) mass is 261 g/mol. The lowest BCUT2D eigenvalue weighted by Crippen LogP contribution is -2.35. The highest BCUT2D eigenvalue weighted by atomic mass is 16.6. The Morgan fingerprint density at radius 1 is 1.32 bits per heavy atom.